The van der Waals surface area contributed by atoms with Gasteiger partial charge in [-0.15, -0.1) is 0 Å². The summed E-state index contributed by atoms with van der Waals surface area (Å²) in [5.41, 5.74) is 0.959. The molecule has 1 aliphatic rings. The minimum absolute atomic E-state index is 0.689. The molecular weight excluding hydrogens is 379 g/mol. The summed E-state index contributed by atoms with van der Waals surface area (Å²) in [5, 5.41) is 0.909. The van der Waals surface area contributed by atoms with Crippen LogP contribution in [0.1, 0.15) is 122 Å². The smallest absolute Gasteiger partial charge is 0.283 e. The van der Waals surface area contributed by atoms with Gasteiger partial charge in [0.2, 0.25) is 0 Å². The second-order valence-electron chi connectivity index (χ2n) is 8.41. The van der Waals surface area contributed by atoms with Crippen molar-refractivity contribution in [2.24, 2.45) is 0 Å². The van der Waals surface area contributed by atoms with Gasteiger partial charge in [0.1, 0.15) is 0 Å². The average Bonchev–Trinajstić information content (AvgIpc) is 2.74. The highest BCUT2D eigenvalue weighted by Gasteiger charge is 2.25. The Labute approximate surface area is 179 Å². The van der Waals surface area contributed by atoms with E-state index in [1.807, 2.05) is 24.3 Å². The molecule has 1 aliphatic heterocycles. The Morgan fingerprint density at radius 3 is 1.72 bits per heavy atom. The van der Waals surface area contributed by atoms with E-state index in [0.29, 0.717) is 5.75 Å². The molecule has 3 nitrogen and oxygen atoms in total. The molecule has 0 amide bonds. The molecule has 0 spiro atoms. The predicted octanol–water partition coefficient (Wildman–Crippen LogP) is 7.85. The normalized spacial score (nSPS) is 14.7. The molecule has 1 unspecified atom stereocenters. The summed E-state index contributed by atoms with van der Waals surface area (Å²) in [7, 11) is -1.84. The first kappa shape index (κ1) is 24.4. The van der Waals surface area contributed by atoms with Gasteiger partial charge in [-0.2, -0.15) is 0 Å². The lowest BCUT2D eigenvalue weighted by Gasteiger charge is -2.14. The summed E-state index contributed by atoms with van der Waals surface area (Å²) in [6.07, 6.45) is 22.7. The molecule has 4 heteroatoms. The Kier molecular flexibility index (Phi) is 13.4. The third-order valence-electron chi connectivity index (χ3n) is 5.88. The van der Waals surface area contributed by atoms with Crippen molar-refractivity contribution in [3.63, 3.8) is 0 Å². The molecule has 0 fully saturated rings. The third-order valence-corrected chi connectivity index (χ3v) is 7.00. The fourth-order valence-corrected chi connectivity index (χ4v) is 5.02. The third kappa shape index (κ3) is 10.1. The van der Waals surface area contributed by atoms with E-state index in [9.17, 15) is 4.89 Å². The number of rotatable bonds is 17. The van der Waals surface area contributed by atoms with Gasteiger partial charge in [-0.3, -0.25) is 4.89 Å². The van der Waals surface area contributed by atoms with Crippen LogP contribution in [0.2, 0.25) is 0 Å². The van der Waals surface area contributed by atoms with Gasteiger partial charge in [0, 0.05) is 11.1 Å². The summed E-state index contributed by atoms with van der Waals surface area (Å²) in [6.45, 7) is 2.28. The van der Waals surface area contributed by atoms with E-state index in [1.165, 1.54) is 96.3 Å². The monoisotopic (exact) mass is 420 g/mol. The summed E-state index contributed by atoms with van der Waals surface area (Å²) in [4.78, 5) is 17.2. The highest BCUT2D eigenvalue weighted by molar-refractivity contribution is 7.47. The van der Waals surface area contributed by atoms with Crippen molar-refractivity contribution in [2.75, 3.05) is 0 Å². The van der Waals surface area contributed by atoms with Gasteiger partial charge in [0.05, 0.1) is 5.56 Å². The van der Waals surface area contributed by atoms with Crippen molar-refractivity contribution >= 4 is 13.3 Å². The Hall–Kier alpha value is -0.890. The molecule has 0 radical (unpaired) electrons. The van der Waals surface area contributed by atoms with E-state index >= 15 is 0 Å². The van der Waals surface area contributed by atoms with Crippen molar-refractivity contribution in [3.8, 4) is 5.75 Å². The average molecular weight is 421 g/mol. The lowest BCUT2D eigenvalue weighted by Crippen LogP contribution is -2.15. The van der Waals surface area contributed by atoms with Crippen molar-refractivity contribution in [2.45, 2.75) is 116 Å². The molecule has 1 heterocycles. The quantitative estimate of drug-likeness (QED) is 0.146. The van der Waals surface area contributed by atoms with Gasteiger partial charge in [-0.1, -0.05) is 115 Å². The van der Waals surface area contributed by atoms with E-state index < -0.39 is 8.00 Å². The van der Waals surface area contributed by atoms with E-state index in [-0.39, 0.29) is 0 Å². The number of hydrogen-bond donors (Lipinski definition) is 0. The molecule has 1 aromatic rings. The van der Waals surface area contributed by atoms with Crippen molar-refractivity contribution in [1.82, 2.24) is 0 Å². The highest BCUT2D eigenvalue weighted by Crippen LogP contribution is 2.35. The SMILES string of the molecule is CCCCCCCCCCCCCCCCCCC1=[P+]([O-])OOc2ccccc21. The molecule has 164 valence electrons. The maximum Gasteiger partial charge on any atom is 0.283 e. The van der Waals surface area contributed by atoms with Crippen LogP contribution in [0.15, 0.2) is 24.3 Å². The maximum atomic E-state index is 12.1. The molecule has 1 atom stereocenters. The molecule has 0 bridgehead atoms. The molecule has 29 heavy (non-hydrogen) atoms. The summed E-state index contributed by atoms with van der Waals surface area (Å²) >= 11 is 0. The number of unbranched alkanes of at least 4 members (excludes halogenated alkanes) is 15. The van der Waals surface area contributed by atoms with Crippen LogP contribution in [0.5, 0.6) is 5.75 Å². The first-order valence-corrected chi connectivity index (χ1v) is 13.3. The van der Waals surface area contributed by atoms with Crippen LogP contribution in [-0.2, 0) is 4.67 Å². The van der Waals surface area contributed by atoms with Gasteiger partial charge >= 0.3 is 0 Å². The van der Waals surface area contributed by atoms with E-state index in [0.717, 1.165) is 23.7 Å². The fraction of sp³-hybridized carbons (Fsp3) is 0.720. The van der Waals surface area contributed by atoms with Crippen LogP contribution < -0.4 is 9.78 Å². The van der Waals surface area contributed by atoms with E-state index in [1.54, 1.807) is 0 Å². The molecule has 0 saturated heterocycles. The standard InChI is InChI=1S/C25H41O3P/c1-2-3-4-5-6-7-8-9-10-11-12-13-14-15-16-17-22-25-23-20-18-19-21-24(23)27-28-29(25)26/h18-21H,2-17,22H2,1H3. The molecule has 2 rings (SSSR count). The Morgan fingerprint density at radius 1 is 0.690 bits per heavy atom. The van der Waals surface area contributed by atoms with E-state index in [4.69, 9.17) is 9.56 Å². The Morgan fingerprint density at radius 2 is 1.17 bits per heavy atom. The zero-order valence-corrected chi connectivity index (χ0v) is 19.4. The molecule has 0 saturated carbocycles. The molecule has 0 aliphatic carbocycles. The van der Waals surface area contributed by atoms with Crippen LogP contribution >= 0.6 is 8.00 Å². The van der Waals surface area contributed by atoms with Crippen molar-refractivity contribution in [1.29, 1.82) is 0 Å². The number of benzene rings is 1. The van der Waals surface area contributed by atoms with Gasteiger partial charge in [-0.25, -0.2) is 0 Å². The summed E-state index contributed by atoms with van der Waals surface area (Å²) < 4.78 is 4.97. The molecular formula is C25H41O3P. The minimum atomic E-state index is -1.84. The van der Waals surface area contributed by atoms with Gasteiger partial charge < -0.3 is 4.89 Å². The van der Waals surface area contributed by atoms with E-state index in [2.05, 4.69) is 6.92 Å². The predicted molar refractivity (Wildman–Crippen MR) is 123 cm³/mol. The lowest BCUT2D eigenvalue weighted by atomic mass is 10.0. The van der Waals surface area contributed by atoms with Crippen LogP contribution in [-0.4, -0.2) is 5.29 Å². The van der Waals surface area contributed by atoms with Crippen molar-refractivity contribution < 1.29 is 14.5 Å². The lowest BCUT2D eigenvalue weighted by molar-refractivity contribution is -0.218. The number of fused-ring (bicyclic) bond motifs is 1. The number of para-hydroxylation sites is 1. The van der Waals surface area contributed by atoms with Crippen LogP contribution in [0, 0.1) is 0 Å². The molecule has 0 N–H and O–H groups in total. The Bertz CT molecular complexity index is 585. The Balaban J connectivity index is 1.40. The first-order valence-electron chi connectivity index (χ1n) is 12.1. The zero-order valence-electron chi connectivity index (χ0n) is 18.5. The highest BCUT2D eigenvalue weighted by atomic mass is 31.1. The summed E-state index contributed by atoms with van der Waals surface area (Å²) in [6, 6.07) is 7.72. The summed E-state index contributed by atoms with van der Waals surface area (Å²) in [5.74, 6) is 0.689. The minimum Gasteiger partial charge on any atom is -0.599 e. The van der Waals surface area contributed by atoms with Crippen LogP contribution in [0.25, 0.3) is 0 Å². The van der Waals surface area contributed by atoms with Crippen LogP contribution in [0.3, 0.4) is 0 Å². The maximum absolute atomic E-state index is 12.1. The topological polar surface area (TPSA) is 41.5 Å². The first-order chi connectivity index (χ1) is 14.3. The largest absolute Gasteiger partial charge is 0.599 e. The fourth-order valence-electron chi connectivity index (χ4n) is 4.06. The van der Waals surface area contributed by atoms with Crippen molar-refractivity contribution in [3.05, 3.63) is 29.8 Å². The van der Waals surface area contributed by atoms with Gasteiger partial charge in [0.25, 0.3) is 8.00 Å². The number of hydrogen-bond acceptors (Lipinski definition) is 3. The molecule has 1 aromatic carbocycles. The van der Waals surface area contributed by atoms with Gasteiger partial charge in [-0.05, 0) is 18.6 Å². The second kappa shape index (κ2) is 15.9. The zero-order chi connectivity index (χ0) is 20.6. The van der Waals surface area contributed by atoms with Crippen LogP contribution in [0.4, 0.5) is 0 Å². The molecule has 0 aromatic heterocycles. The second-order valence-corrected chi connectivity index (χ2v) is 9.61. The van der Waals surface area contributed by atoms with Gasteiger partial charge in [0.15, 0.2) is 11.0 Å².